The third-order valence-electron chi connectivity index (χ3n) is 3.44. The van der Waals surface area contributed by atoms with E-state index in [0.717, 1.165) is 38.7 Å². The van der Waals surface area contributed by atoms with Gasteiger partial charge in [0.25, 0.3) is 0 Å². The van der Waals surface area contributed by atoms with Crippen molar-refractivity contribution in [3.05, 3.63) is 35.8 Å². The second-order valence-electron chi connectivity index (χ2n) is 5.28. The quantitative estimate of drug-likeness (QED) is 0.387. The highest BCUT2D eigenvalue weighted by atomic mass is 32.3. The molecule has 0 aromatic heterocycles. The van der Waals surface area contributed by atoms with Crippen LogP contribution in [0.3, 0.4) is 0 Å². The van der Waals surface area contributed by atoms with E-state index in [1.165, 1.54) is 6.20 Å². The molecule has 0 atom stereocenters. The molecule has 0 amide bonds. The third-order valence-corrected chi connectivity index (χ3v) is 3.84. The zero-order valence-electron chi connectivity index (χ0n) is 13.7. The topological polar surface area (TPSA) is 96.1 Å². The molecule has 1 heterocycles. The van der Waals surface area contributed by atoms with Gasteiger partial charge in [0, 0.05) is 45.5 Å². The standard InChI is InChI=1S/C14H22F3N3O4S/c1-2-12(14(15,16)17)11-13(24-25(21,22)23)3-5-19-7-9-20(6-4-18)10-8-19/h2-3,5,11H,4,6-10,18H2,1H3,(H,21,22,23)/b5-3+,12-2+,13-11+. The van der Waals surface area contributed by atoms with E-state index in [1.807, 2.05) is 0 Å². The third kappa shape index (κ3) is 8.38. The summed E-state index contributed by atoms with van der Waals surface area (Å²) in [6.45, 7) is 5.10. The van der Waals surface area contributed by atoms with E-state index in [4.69, 9.17) is 10.3 Å². The number of allylic oxidation sites excluding steroid dienone is 4. The number of hydrogen-bond donors (Lipinski definition) is 2. The first-order valence-corrected chi connectivity index (χ1v) is 8.88. The van der Waals surface area contributed by atoms with Gasteiger partial charge in [-0.3, -0.25) is 9.45 Å². The van der Waals surface area contributed by atoms with E-state index in [-0.39, 0.29) is 0 Å². The van der Waals surface area contributed by atoms with Crippen LogP contribution >= 0.6 is 0 Å². The van der Waals surface area contributed by atoms with Gasteiger partial charge in [-0.1, -0.05) is 6.08 Å². The summed E-state index contributed by atoms with van der Waals surface area (Å²) in [4.78, 5) is 3.94. The number of nitrogens with zero attached hydrogens (tertiary/aromatic N) is 2. The minimum Gasteiger partial charge on any atom is -0.375 e. The zero-order chi connectivity index (χ0) is 19.1. The molecule has 1 saturated heterocycles. The van der Waals surface area contributed by atoms with Gasteiger partial charge in [0.15, 0.2) is 0 Å². The number of hydrogen-bond acceptors (Lipinski definition) is 6. The monoisotopic (exact) mass is 385 g/mol. The number of nitrogens with two attached hydrogens (primary N) is 1. The summed E-state index contributed by atoms with van der Waals surface area (Å²) in [6, 6.07) is 0. The highest BCUT2D eigenvalue weighted by Gasteiger charge is 2.32. The lowest BCUT2D eigenvalue weighted by atomic mass is 10.2. The van der Waals surface area contributed by atoms with E-state index in [2.05, 4.69) is 9.08 Å². The van der Waals surface area contributed by atoms with Crippen molar-refractivity contribution in [2.24, 2.45) is 5.73 Å². The van der Waals surface area contributed by atoms with Crippen LogP contribution in [0.5, 0.6) is 0 Å². The molecule has 1 aliphatic heterocycles. The van der Waals surface area contributed by atoms with Crippen molar-refractivity contribution in [3.8, 4) is 0 Å². The Morgan fingerprint density at radius 1 is 1.28 bits per heavy atom. The van der Waals surface area contributed by atoms with Crippen LogP contribution < -0.4 is 5.73 Å². The van der Waals surface area contributed by atoms with Crippen molar-refractivity contribution in [1.82, 2.24) is 9.80 Å². The smallest absolute Gasteiger partial charge is 0.375 e. The van der Waals surface area contributed by atoms with Gasteiger partial charge in [-0.25, -0.2) is 0 Å². The van der Waals surface area contributed by atoms with Crippen LogP contribution in [0.1, 0.15) is 6.92 Å². The van der Waals surface area contributed by atoms with Gasteiger partial charge in [0.05, 0.1) is 5.57 Å². The summed E-state index contributed by atoms with van der Waals surface area (Å²) in [5.74, 6) is -0.641. The predicted octanol–water partition coefficient (Wildman–Crippen LogP) is 1.29. The molecule has 0 aromatic rings. The number of alkyl halides is 3. The molecule has 1 fully saturated rings. The van der Waals surface area contributed by atoms with E-state index >= 15 is 0 Å². The van der Waals surface area contributed by atoms with Crippen molar-refractivity contribution < 1.29 is 30.3 Å². The molecule has 0 aliphatic carbocycles. The minimum atomic E-state index is -4.95. The van der Waals surface area contributed by atoms with Crippen LogP contribution in [-0.2, 0) is 14.6 Å². The average Bonchev–Trinajstić information content (AvgIpc) is 2.49. The number of rotatable bonds is 7. The van der Waals surface area contributed by atoms with Crippen LogP contribution in [0.25, 0.3) is 0 Å². The predicted molar refractivity (Wildman–Crippen MR) is 86.7 cm³/mol. The van der Waals surface area contributed by atoms with Crippen molar-refractivity contribution in [2.75, 3.05) is 39.3 Å². The molecule has 1 aliphatic rings. The largest absolute Gasteiger partial charge is 0.446 e. The fourth-order valence-electron chi connectivity index (χ4n) is 2.20. The van der Waals surface area contributed by atoms with Crippen molar-refractivity contribution in [2.45, 2.75) is 13.1 Å². The summed E-state index contributed by atoms with van der Waals surface area (Å²) in [6.07, 6.45) is -0.895. The second-order valence-corrected chi connectivity index (χ2v) is 6.30. The molecular formula is C14H22F3N3O4S. The molecule has 0 radical (unpaired) electrons. The number of halogens is 3. The van der Waals surface area contributed by atoms with Crippen LogP contribution in [0.4, 0.5) is 13.2 Å². The van der Waals surface area contributed by atoms with E-state index in [1.54, 1.807) is 4.90 Å². The van der Waals surface area contributed by atoms with Gasteiger partial charge >= 0.3 is 16.6 Å². The first-order chi connectivity index (χ1) is 11.5. The molecule has 25 heavy (non-hydrogen) atoms. The van der Waals surface area contributed by atoms with E-state index in [9.17, 15) is 21.6 Å². The zero-order valence-corrected chi connectivity index (χ0v) is 14.6. The van der Waals surface area contributed by atoms with Gasteiger partial charge < -0.3 is 14.8 Å². The first-order valence-electron chi connectivity index (χ1n) is 7.52. The summed E-state index contributed by atoms with van der Waals surface area (Å²) in [5, 5.41) is 0. The average molecular weight is 385 g/mol. The van der Waals surface area contributed by atoms with Crippen LogP contribution in [0, 0.1) is 0 Å². The van der Waals surface area contributed by atoms with Gasteiger partial charge in [0.2, 0.25) is 0 Å². The molecule has 0 bridgehead atoms. The Bertz CT molecular complexity index is 622. The normalized spacial score (nSPS) is 18.9. The Morgan fingerprint density at radius 2 is 1.88 bits per heavy atom. The lowest BCUT2D eigenvalue weighted by Crippen LogP contribution is -2.45. The minimum absolute atomic E-state index is 0.509. The molecular weight excluding hydrogens is 363 g/mol. The number of piperazine rings is 1. The van der Waals surface area contributed by atoms with Gasteiger partial charge in [0.1, 0.15) is 5.76 Å². The molecule has 11 heteroatoms. The Hall–Kier alpha value is -1.56. The molecule has 144 valence electrons. The van der Waals surface area contributed by atoms with Crippen molar-refractivity contribution >= 4 is 10.4 Å². The molecule has 0 aromatic carbocycles. The summed E-state index contributed by atoms with van der Waals surface area (Å²) in [7, 11) is -4.95. The lowest BCUT2D eigenvalue weighted by molar-refractivity contribution is -0.0885. The fraction of sp³-hybridized carbons (Fsp3) is 0.571. The maximum atomic E-state index is 12.8. The molecule has 0 saturated carbocycles. The van der Waals surface area contributed by atoms with Crippen LogP contribution in [0.15, 0.2) is 35.8 Å². The Morgan fingerprint density at radius 3 is 2.32 bits per heavy atom. The van der Waals surface area contributed by atoms with Gasteiger partial charge in [-0.15, -0.1) is 0 Å². The molecule has 3 N–H and O–H groups in total. The lowest BCUT2D eigenvalue weighted by Gasteiger charge is -2.33. The summed E-state index contributed by atoms with van der Waals surface area (Å²) >= 11 is 0. The summed E-state index contributed by atoms with van der Waals surface area (Å²) < 4.78 is 73.1. The molecule has 1 rings (SSSR count). The van der Waals surface area contributed by atoms with Crippen molar-refractivity contribution in [1.29, 1.82) is 0 Å². The summed E-state index contributed by atoms with van der Waals surface area (Å²) in [5.41, 5.74) is 4.38. The molecule has 0 spiro atoms. The molecule has 0 unspecified atom stereocenters. The van der Waals surface area contributed by atoms with Gasteiger partial charge in [-0.2, -0.15) is 21.6 Å². The van der Waals surface area contributed by atoms with Crippen molar-refractivity contribution in [3.63, 3.8) is 0 Å². The second kappa shape index (κ2) is 9.22. The van der Waals surface area contributed by atoms with Crippen LogP contribution in [0.2, 0.25) is 0 Å². The Balaban J connectivity index is 2.88. The van der Waals surface area contributed by atoms with Gasteiger partial charge in [-0.05, 0) is 19.1 Å². The Labute approximate surface area is 145 Å². The maximum Gasteiger partial charge on any atom is 0.446 e. The first kappa shape index (κ1) is 21.5. The van der Waals surface area contributed by atoms with E-state index < -0.39 is 27.9 Å². The fourth-order valence-corrected chi connectivity index (χ4v) is 2.55. The molecule has 7 nitrogen and oxygen atoms in total. The highest BCUT2D eigenvalue weighted by molar-refractivity contribution is 7.81. The Kier molecular flexibility index (Phi) is 7.93. The van der Waals surface area contributed by atoms with E-state index in [0.29, 0.717) is 25.7 Å². The SMILES string of the molecule is C\C=C(/C=C(\C=C\N1CCN(CCN)CC1)OS(=O)(=O)O)C(F)(F)F. The highest BCUT2D eigenvalue weighted by Crippen LogP contribution is 2.28. The van der Waals surface area contributed by atoms with Crippen LogP contribution in [-0.4, -0.2) is 68.2 Å². The maximum absolute atomic E-state index is 12.8.